The Morgan fingerprint density at radius 1 is 1.21 bits per heavy atom. The molecule has 3 unspecified atom stereocenters. The van der Waals surface area contributed by atoms with Crippen LogP contribution in [0.2, 0.25) is 0 Å². The number of carbonyl (C=O) groups excluding carboxylic acids is 2. The third-order valence-corrected chi connectivity index (χ3v) is 8.43. The summed E-state index contributed by atoms with van der Waals surface area (Å²) in [5, 5.41) is 12.7. The average molecular weight is 541 g/mol. The van der Waals surface area contributed by atoms with E-state index in [2.05, 4.69) is 5.10 Å². The molecule has 3 N–H and O–H groups in total. The van der Waals surface area contributed by atoms with E-state index in [1.165, 1.54) is 11.6 Å². The summed E-state index contributed by atoms with van der Waals surface area (Å²) in [6.45, 7) is 1.77. The number of carbonyl (C=O) groups is 2. The van der Waals surface area contributed by atoms with E-state index in [-0.39, 0.29) is 35.2 Å². The molecule has 0 aliphatic carbocycles. The molecule has 0 saturated carbocycles. The number of rotatable bonds is 9. The molecule has 0 amide bonds. The number of Topliss-reactive ketones (excluding diaryl/α,β-unsaturated/α-hetero) is 1. The van der Waals surface area contributed by atoms with Gasteiger partial charge in [0.2, 0.25) is 0 Å². The number of anilines is 1. The molecule has 0 fully saturated rings. The summed E-state index contributed by atoms with van der Waals surface area (Å²) >= 11 is 1.56. The molecule has 10 heteroatoms. The number of allylic oxidation sites excluding steroid dienone is 2. The van der Waals surface area contributed by atoms with Crippen molar-refractivity contribution in [1.29, 1.82) is 5.41 Å². The third kappa shape index (κ3) is 5.07. The number of nitrogens with one attached hydrogen (secondary N) is 1. The number of hydrogen-bond donors (Lipinski definition) is 2. The Morgan fingerprint density at radius 2 is 1.97 bits per heavy atom. The number of aliphatic imine (C=N–C) groups is 1. The van der Waals surface area contributed by atoms with Gasteiger partial charge < -0.3 is 16.0 Å². The fourth-order valence-electron chi connectivity index (χ4n) is 5.05. The Bertz CT molecular complexity index is 1590. The first-order valence-electron chi connectivity index (χ1n) is 12.5. The van der Waals surface area contributed by atoms with Crippen molar-refractivity contribution in [1.82, 2.24) is 9.78 Å². The molecule has 39 heavy (non-hydrogen) atoms. The highest BCUT2D eigenvalue weighted by Gasteiger charge is 2.45. The molecule has 1 aromatic heterocycles. The van der Waals surface area contributed by atoms with Crippen molar-refractivity contribution in [3.8, 4) is 0 Å². The fourth-order valence-corrected chi connectivity index (χ4v) is 6.53. The van der Waals surface area contributed by atoms with Gasteiger partial charge in [0, 0.05) is 35.6 Å². The minimum atomic E-state index is -0.289. The van der Waals surface area contributed by atoms with Gasteiger partial charge in [-0.25, -0.2) is 4.68 Å². The van der Waals surface area contributed by atoms with Gasteiger partial charge in [-0.1, -0.05) is 48.2 Å². The number of likely N-dealkylation sites (N-methyl/N-ethyl adjacent to an activating group) is 1. The zero-order valence-corrected chi connectivity index (χ0v) is 22.4. The minimum absolute atomic E-state index is 0.0322. The van der Waals surface area contributed by atoms with E-state index in [4.69, 9.17) is 16.1 Å². The molecule has 3 heterocycles. The number of nitrogens with two attached hydrogens (primary N) is 1. The molecular weight excluding hydrogens is 512 g/mol. The first kappa shape index (κ1) is 26.3. The maximum Gasteiger partial charge on any atom is 0.290 e. The van der Waals surface area contributed by atoms with Gasteiger partial charge in [0.1, 0.15) is 18.1 Å². The van der Waals surface area contributed by atoms with Gasteiger partial charge in [0.05, 0.1) is 29.0 Å². The number of aromatic nitrogens is 2. The molecule has 2 aromatic carbocycles. The fraction of sp³-hybridized carbons (Fsp3) is 0.241. The first-order chi connectivity index (χ1) is 18.8. The van der Waals surface area contributed by atoms with Crippen LogP contribution in [-0.4, -0.2) is 46.3 Å². The molecule has 2 aliphatic rings. The Labute approximate surface area is 229 Å². The lowest BCUT2D eigenvalue weighted by molar-refractivity contribution is 0.101. The average Bonchev–Trinajstić information content (AvgIpc) is 3.48. The van der Waals surface area contributed by atoms with Crippen LogP contribution in [0.5, 0.6) is 0 Å². The second-order valence-electron chi connectivity index (χ2n) is 9.65. The summed E-state index contributed by atoms with van der Waals surface area (Å²) in [6.07, 6.45) is 5.50. The standard InChI is InChI=1S/C29H28N6O3S/c1-17(37)21-8-4-6-19(12-21)15-35-29(38)25-23(14-32-35)26-27(34(25)2)33-28(39-26)22(24(31)9-10-30)13-18-5-3-7-20(11-18)16-36/h3-12,14,16,22,26-27,30H,13,15,31H2,1-2H3. The molecule has 5 rings (SSSR count). The van der Waals surface area contributed by atoms with Gasteiger partial charge in [-0.05, 0) is 42.7 Å². The van der Waals surface area contributed by atoms with Crippen LogP contribution in [0.15, 0.2) is 76.3 Å². The Kier molecular flexibility index (Phi) is 7.30. The number of fused-ring (bicyclic) bond motifs is 3. The number of aldehydes is 1. The smallest absolute Gasteiger partial charge is 0.290 e. The molecule has 0 bridgehead atoms. The van der Waals surface area contributed by atoms with Crippen LogP contribution in [0.4, 0.5) is 5.69 Å². The van der Waals surface area contributed by atoms with Gasteiger partial charge in [0.25, 0.3) is 5.56 Å². The van der Waals surface area contributed by atoms with Gasteiger partial charge in [0.15, 0.2) is 5.78 Å². The van der Waals surface area contributed by atoms with Crippen molar-refractivity contribution in [2.45, 2.75) is 31.3 Å². The second kappa shape index (κ2) is 10.8. The highest BCUT2D eigenvalue weighted by Crippen LogP contribution is 2.51. The van der Waals surface area contributed by atoms with Crippen LogP contribution in [0.3, 0.4) is 0 Å². The van der Waals surface area contributed by atoms with Crippen molar-refractivity contribution in [2.24, 2.45) is 16.6 Å². The van der Waals surface area contributed by atoms with E-state index < -0.39 is 0 Å². The van der Waals surface area contributed by atoms with Crippen LogP contribution in [-0.2, 0) is 13.0 Å². The van der Waals surface area contributed by atoms with E-state index in [1.54, 1.807) is 48.3 Å². The maximum absolute atomic E-state index is 13.5. The third-order valence-electron chi connectivity index (χ3n) is 7.05. The van der Waals surface area contributed by atoms with Crippen LogP contribution in [0.25, 0.3) is 0 Å². The number of nitrogens with zero attached hydrogens (tertiary/aromatic N) is 4. The van der Waals surface area contributed by atoms with Crippen LogP contribution >= 0.6 is 11.8 Å². The summed E-state index contributed by atoms with van der Waals surface area (Å²) in [7, 11) is 1.86. The monoisotopic (exact) mass is 540 g/mol. The molecule has 2 aliphatic heterocycles. The van der Waals surface area contributed by atoms with E-state index in [0.717, 1.165) is 34.2 Å². The maximum atomic E-state index is 13.5. The van der Waals surface area contributed by atoms with E-state index >= 15 is 0 Å². The highest BCUT2D eigenvalue weighted by atomic mass is 32.2. The van der Waals surface area contributed by atoms with Gasteiger partial charge in [-0.2, -0.15) is 5.10 Å². The molecule has 0 saturated heterocycles. The Balaban J connectivity index is 1.43. The molecular formula is C29H28N6O3S. The van der Waals surface area contributed by atoms with Crippen molar-refractivity contribution in [3.63, 3.8) is 0 Å². The van der Waals surface area contributed by atoms with Gasteiger partial charge in [-0.15, -0.1) is 0 Å². The van der Waals surface area contributed by atoms with Crippen molar-refractivity contribution < 1.29 is 9.59 Å². The van der Waals surface area contributed by atoms with E-state index in [1.807, 2.05) is 36.2 Å². The molecule has 9 nitrogen and oxygen atoms in total. The lowest BCUT2D eigenvalue weighted by Gasteiger charge is -2.20. The predicted octanol–water partition coefficient (Wildman–Crippen LogP) is 3.62. The molecule has 3 atom stereocenters. The Morgan fingerprint density at radius 3 is 2.72 bits per heavy atom. The Hall–Kier alpha value is -4.31. The summed E-state index contributed by atoms with van der Waals surface area (Å²) < 4.78 is 1.42. The normalized spacial score (nSPS) is 18.8. The number of benzene rings is 2. The van der Waals surface area contributed by atoms with Gasteiger partial charge >= 0.3 is 0 Å². The summed E-state index contributed by atoms with van der Waals surface area (Å²) in [6, 6.07) is 14.6. The number of thioether (sulfide) groups is 1. The van der Waals surface area contributed by atoms with Crippen LogP contribution in [0, 0.1) is 11.3 Å². The summed E-state index contributed by atoms with van der Waals surface area (Å²) in [5.41, 5.74) is 11.0. The lowest BCUT2D eigenvalue weighted by atomic mass is 9.96. The van der Waals surface area contributed by atoms with Crippen molar-refractivity contribution in [2.75, 3.05) is 11.9 Å². The zero-order valence-electron chi connectivity index (χ0n) is 21.6. The molecule has 3 aromatic rings. The van der Waals surface area contributed by atoms with Crippen LogP contribution < -0.4 is 16.2 Å². The molecule has 198 valence electrons. The van der Waals surface area contributed by atoms with E-state index in [0.29, 0.717) is 28.9 Å². The van der Waals surface area contributed by atoms with E-state index in [9.17, 15) is 14.4 Å². The molecule has 0 radical (unpaired) electrons. The predicted molar refractivity (Wildman–Crippen MR) is 154 cm³/mol. The highest BCUT2D eigenvalue weighted by molar-refractivity contribution is 8.14. The lowest BCUT2D eigenvalue weighted by Crippen LogP contribution is -2.33. The van der Waals surface area contributed by atoms with Crippen LogP contribution in [0.1, 0.15) is 49.6 Å². The summed E-state index contributed by atoms with van der Waals surface area (Å²) in [4.78, 5) is 43.4. The second-order valence-corrected chi connectivity index (χ2v) is 10.8. The summed E-state index contributed by atoms with van der Waals surface area (Å²) in [5.74, 6) is -0.307. The SMILES string of the molecule is CC(=O)c1cccc(Cn2ncc3c(c2=O)N(C)C2N=C(C(Cc4cccc(C=O)c4)C(N)=CC=N)SC32)c1. The van der Waals surface area contributed by atoms with Gasteiger partial charge in [-0.3, -0.25) is 19.4 Å². The molecule has 0 spiro atoms. The first-order valence-corrected chi connectivity index (χ1v) is 13.4. The quantitative estimate of drug-likeness (QED) is 0.240. The zero-order chi connectivity index (χ0) is 27.7. The minimum Gasteiger partial charge on any atom is -0.401 e. The van der Waals surface area contributed by atoms with Crippen molar-refractivity contribution >= 4 is 40.8 Å². The topological polar surface area (TPSA) is 134 Å². The van der Waals surface area contributed by atoms with Crippen molar-refractivity contribution in [3.05, 3.63) is 105 Å². The number of hydrogen-bond acceptors (Lipinski definition) is 9. The number of ketones is 1. The largest absolute Gasteiger partial charge is 0.401 e.